The first kappa shape index (κ1) is 13.0. The number of carbonyl (C=O) groups is 1. The second-order valence-electron chi connectivity index (χ2n) is 4.57. The van der Waals surface area contributed by atoms with Gasteiger partial charge in [-0.1, -0.05) is 18.2 Å². The molecule has 2 atom stereocenters. The van der Waals surface area contributed by atoms with E-state index in [2.05, 4.69) is 5.32 Å². The molecule has 0 aliphatic carbocycles. The van der Waals surface area contributed by atoms with Crippen molar-refractivity contribution in [2.75, 3.05) is 20.1 Å². The first-order valence-electron chi connectivity index (χ1n) is 5.97. The smallest absolute Gasteiger partial charge is 0.227 e. The molecule has 1 aliphatic rings. The van der Waals surface area contributed by atoms with Gasteiger partial charge in [-0.05, 0) is 11.6 Å². The molecule has 1 amide bonds. The summed E-state index contributed by atoms with van der Waals surface area (Å²) in [7, 11) is 1.64. The van der Waals surface area contributed by atoms with Crippen LogP contribution < -0.4 is 5.32 Å². The third-order valence-corrected chi connectivity index (χ3v) is 3.34. The van der Waals surface area contributed by atoms with E-state index in [1.165, 1.54) is 11.0 Å². The summed E-state index contributed by atoms with van der Waals surface area (Å²) in [6.07, 6.45) is -0.536. The lowest BCUT2D eigenvalue weighted by Crippen LogP contribution is -2.44. The van der Waals surface area contributed by atoms with Gasteiger partial charge in [-0.15, -0.1) is 0 Å². The van der Waals surface area contributed by atoms with Gasteiger partial charge in [0.2, 0.25) is 5.91 Å². The molecule has 1 aromatic rings. The molecule has 1 saturated heterocycles. The average Bonchev–Trinajstić information content (AvgIpc) is 2.77. The van der Waals surface area contributed by atoms with Gasteiger partial charge in [-0.3, -0.25) is 4.79 Å². The Hall–Kier alpha value is -1.46. The summed E-state index contributed by atoms with van der Waals surface area (Å²) in [6, 6.07) is 6.01. The van der Waals surface area contributed by atoms with Crippen LogP contribution in [0.1, 0.15) is 5.56 Å². The fourth-order valence-electron chi connectivity index (χ4n) is 2.16. The number of likely N-dealkylation sites (N-methyl/N-ethyl adjacent to an activating group) is 1. The van der Waals surface area contributed by atoms with Crippen molar-refractivity contribution in [1.29, 1.82) is 0 Å². The van der Waals surface area contributed by atoms with Crippen LogP contribution in [0.5, 0.6) is 0 Å². The van der Waals surface area contributed by atoms with Gasteiger partial charge < -0.3 is 15.3 Å². The Labute approximate surface area is 105 Å². The molecule has 0 unspecified atom stereocenters. The topological polar surface area (TPSA) is 52.6 Å². The Morgan fingerprint density at radius 1 is 1.50 bits per heavy atom. The van der Waals surface area contributed by atoms with E-state index in [0.717, 1.165) is 0 Å². The average molecular weight is 252 g/mol. The van der Waals surface area contributed by atoms with Crippen LogP contribution in [-0.4, -0.2) is 48.2 Å². The first-order chi connectivity index (χ1) is 8.59. The maximum Gasteiger partial charge on any atom is 0.227 e. The van der Waals surface area contributed by atoms with Gasteiger partial charge in [0.05, 0.1) is 18.6 Å². The van der Waals surface area contributed by atoms with Gasteiger partial charge in [0.1, 0.15) is 5.82 Å². The highest BCUT2D eigenvalue weighted by Gasteiger charge is 2.31. The molecule has 0 radical (unpaired) electrons. The molecule has 1 fully saturated rings. The van der Waals surface area contributed by atoms with Crippen molar-refractivity contribution in [2.45, 2.75) is 18.6 Å². The van der Waals surface area contributed by atoms with E-state index >= 15 is 0 Å². The summed E-state index contributed by atoms with van der Waals surface area (Å²) in [5.41, 5.74) is 0.384. The van der Waals surface area contributed by atoms with Gasteiger partial charge in [-0.2, -0.15) is 0 Å². The van der Waals surface area contributed by atoms with E-state index in [4.69, 9.17) is 0 Å². The third kappa shape index (κ3) is 2.68. The number of carbonyl (C=O) groups excluding carboxylic acids is 1. The fourth-order valence-corrected chi connectivity index (χ4v) is 2.16. The molecular weight excluding hydrogens is 235 g/mol. The number of hydrogen-bond donors (Lipinski definition) is 2. The van der Waals surface area contributed by atoms with Crippen LogP contribution in [-0.2, 0) is 11.2 Å². The molecule has 4 nitrogen and oxygen atoms in total. The van der Waals surface area contributed by atoms with Crippen LogP contribution in [0.2, 0.25) is 0 Å². The van der Waals surface area contributed by atoms with Crippen LogP contribution in [0, 0.1) is 5.82 Å². The number of amides is 1. The Morgan fingerprint density at radius 3 is 2.83 bits per heavy atom. The number of benzene rings is 1. The summed E-state index contributed by atoms with van der Waals surface area (Å²) < 4.78 is 13.4. The lowest BCUT2D eigenvalue weighted by molar-refractivity contribution is -0.132. The fraction of sp³-hybridized carbons (Fsp3) is 0.462. The van der Waals surface area contributed by atoms with Gasteiger partial charge in [0.15, 0.2) is 0 Å². The quantitative estimate of drug-likeness (QED) is 0.805. The zero-order valence-electron chi connectivity index (χ0n) is 10.3. The minimum atomic E-state index is -0.556. The van der Waals surface area contributed by atoms with Gasteiger partial charge in [-0.25, -0.2) is 4.39 Å². The summed E-state index contributed by atoms with van der Waals surface area (Å²) in [6.45, 7) is 1.06. The van der Waals surface area contributed by atoms with E-state index in [9.17, 15) is 14.3 Å². The van der Waals surface area contributed by atoms with E-state index in [0.29, 0.717) is 18.7 Å². The Bertz CT molecular complexity index is 439. The number of aliphatic hydroxyl groups excluding tert-OH is 1. The molecule has 98 valence electrons. The SMILES string of the molecule is CN(C(=O)Cc1ccccc1F)[C@H]1CNC[C@@H]1O. The molecule has 1 aliphatic heterocycles. The monoisotopic (exact) mass is 252 g/mol. The van der Waals surface area contributed by atoms with Crippen LogP contribution >= 0.6 is 0 Å². The first-order valence-corrected chi connectivity index (χ1v) is 5.97. The second kappa shape index (κ2) is 5.46. The van der Waals surface area contributed by atoms with Crippen LogP contribution in [0.25, 0.3) is 0 Å². The molecule has 5 heteroatoms. The van der Waals surface area contributed by atoms with E-state index < -0.39 is 6.10 Å². The standard InChI is InChI=1S/C13H17FN2O2/c1-16(11-7-15-8-12(11)17)13(18)6-9-4-2-3-5-10(9)14/h2-5,11-12,15,17H,6-8H2,1H3/t11-,12-/m0/s1. The molecular formula is C13H17FN2O2. The van der Waals surface area contributed by atoms with Gasteiger partial charge >= 0.3 is 0 Å². The molecule has 0 aromatic heterocycles. The lowest BCUT2D eigenvalue weighted by Gasteiger charge is -2.26. The predicted molar refractivity (Wildman–Crippen MR) is 65.5 cm³/mol. The molecule has 1 aromatic carbocycles. The maximum absolute atomic E-state index is 13.4. The van der Waals surface area contributed by atoms with Crippen molar-refractivity contribution in [2.24, 2.45) is 0 Å². The number of nitrogens with zero attached hydrogens (tertiary/aromatic N) is 1. The Morgan fingerprint density at radius 2 is 2.22 bits per heavy atom. The number of β-amino-alcohol motifs (C(OH)–C–C–N with tert-alkyl or cyclic N) is 1. The predicted octanol–water partition coefficient (Wildman–Crippen LogP) is 0.159. The molecule has 0 spiro atoms. The number of aliphatic hydroxyl groups is 1. The summed E-state index contributed by atoms with van der Waals surface area (Å²) >= 11 is 0. The summed E-state index contributed by atoms with van der Waals surface area (Å²) in [5.74, 6) is -0.558. The van der Waals surface area contributed by atoms with E-state index in [-0.39, 0.29) is 24.2 Å². The Balaban J connectivity index is 2.02. The highest BCUT2D eigenvalue weighted by Crippen LogP contribution is 2.12. The second-order valence-corrected chi connectivity index (χ2v) is 4.57. The zero-order chi connectivity index (χ0) is 13.1. The van der Waals surface area contributed by atoms with Crippen molar-refractivity contribution >= 4 is 5.91 Å². The molecule has 0 saturated carbocycles. The molecule has 2 N–H and O–H groups in total. The largest absolute Gasteiger partial charge is 0.390 e. The lowest BCUT2D eigenvalue weighted by atomic mass is 10.1. The maximum atomic E-state index is 13.4. The van der Waals surface area contributed by atoms with Crippen LogP contribution in [0.3, 0.4) is 0 Å². The normalized spacial score (nSPS) is 23.1. The Kier molecular flexibility index (Phi) is 3.93. The number of halogens is 1. The van der Waals surface area contributed by atoms with Crippen molar-refractivity contribution in [1.82, 2.24) is 10.2 Å². The van der Waals surface area contributed by atoms with Crippen molar-refractivity contribution in [3.63, 3.8) is 0 Å². The zero-order valence-corrected chi connectivity index (χ0v) is 10.3. The molecule has 18 heavy (non-hydrogen) atoms. The van der Waals surface area contributed by atoms with Crippen LogP contribution in [0.15, 0.2) is 24.3 Å². The summed E-state index contributed by atoms with van der Waals surface area (Å²) in [5, 5.41) is 12.7. The van der Waals surface area contributed by atoms with E-state index in [1.807, 2.05) is 0 Å². The number of rotatable bonds is 3. The van der Waals surface area contributed by atoms with Crippen molar-refractivity contribution in [3.8, 4) is 0 Å². The van der Waals surface area contributed by atoms with E-state index in [1.54, 1.807) is 25.2 Å². The minimum absolute atomic E-state index is 0.0202. The van der Waals surface area contributed by atoms with Crippen LogP contribution in [0.4, 0.5) is 4.39 Å². The van der Waals surface area contributed by atoms with Crippen molar-refractivity contribution in [3.05, 3.63) is 35.6 Å². The minimum Gasteiger partial charge on any atom is -0.390 e. The van der Waals surface area contributed by atoms with Gasteiger partial charge in [0.25, 0.3) is 0 Å². The number of hydrogen-bond acceptors (Lipinski definition) is 3. The molecule has 0 bridgehead atoms. The highest BCUT2D eigenvalue weighted by atomic mass is 19.1. The third-order valence-electron chi connectivity index (χ3n) is 3.34. The van der Waals surface area contributed by atoms with Crippen molar-refractivity contribution < 1.29 is 14.3 Å². The highest BCUT2D eigenvalue weighted by molar-refractivity contribution is 5.79. The van der Waals surface area contributed by atoms with Gasteiger partial charge in [0, 0.05) is 20.1 Å². The summed E-state index contributed by atoms with van der Waals surface area (Å²) in [4.78, 5) is 13.5. The molecule has 2 rings (SSSR count). The molecule has 1 heterocycles. The number of nitrogens with one attached hydrogen (secondary N) is 1.